The molecule has 2 aromatic carbocycles. The topological polar surface area (TPSA) is 66.5 Å². The third-order valence-corrected chi connectivity index (χ3v) is 5.92. The minimum absolute atomic E-state index is 0.136. The number of sulfonamides is 1. The van der Waals surface area contributed by atoms with E-state index in [2.05, 4.69) is 5.32 Å². The van der Waals surface area contributed by atoms with E-state index in [1.54, 1.807) is 12.1 Å². The molecule has 0 radical (unpaired) electrons. The first kappa shape index (κ1) is 22.0. The summed E-state index contributed by atoms with van der Waals surface area (Å²) in [4.78, 5) is 12.7. The molecule has 2 rings (SSSR count). The van der Waals surface area contributed by atoms with Crippen molar-refractivity contribution in [1.29, 1.82) is 0 Å². The second kappa shape index (κ2) is 8.78. The van der Waals surface area contributed by atoms with Crippen molar-refractivity contribution >= 4 is 21.6 Å². The number of rotatable bonds is 7. The van der Waals surface area contributed by atoms with Crippen molar-refractivity contribution in [2.24, 2.45) is 0 Å². The van der Waals surface area contributed by atoms with Gasteiger partial charge in [-0.05, 0) is 49.4 Å². The quantitative estimate of drug-likeness (QED) is 0.759. The Hall–Kier alpha value is -2.34. The number of carbonyl (C=O) groups excluding carboxylic acids is 1. The van der Waals surface area contributed by atoms with Crippen LogP contribution in [-0.4, -0.2) is 27.1 Å². The molecule has 0 spiro atoms. The second-order valence-electron chi connectivity index (χ2n) is 7.63. The number of amides is 1. The van der Waals surface area contributed by atoms with Gasteiger partial charge in [0.1, 0.15) is 6.54 Å². The van der Waals surface area contributed by atoms with Crippen LogP contribution in [0, 0.1) is 13.8 Å². The summed E-state index contributed by atoms with van der Waals surface area (Å²) in [6.07, 6.45) is 1.13. The number of benzene rings is 2. The number of nitrogens with zero attached hydrogens (tertiary/aromatic N) is 1. The fourth-order valence-corrected chi connectivity index (χ4v) is 4.18. The summed E-state index contributed by atoms with van der Waals surface area (Å²) in [5.41, 5.74) is 4.67. The van der Waals surface area contributed by atoms with Crippen molar-refractivity contribution in [2.45, 2.75) is 46.6 Å². The third-order valence-electron chi connectivity index (χ3n) is 4.79. The first-order valence-electron chi connectivity index (χ1n) is 9.44. The molecule has 152 valence electrons. The number of hydrogen-bond donors (Lipinski definition) is 1. The standard InChI is InChI=1S/C22H30N2O3S/c1-15(2)19-9-7-8-10-21(19)24(28(6,26)27)14-22(25)23-18(5)20-13-16(3)11-12-17(20)4/h7-13,15,18H,14H2,1-6H3,(H,23,25). The van der Waals surface area contributed by atoms with E-state index in [4.69, 9.17) is 0 Å². The summed E-state index contributed by atoms with van der Waals surface area (Å²) in [6.45, 7) is 9.67. The summed E-state index contributed by atoms with van der Waals surface area (Å²) >= 11 is 0. The molecule has 1 atom stereocenters. The second-order valence-corrected chi connectivity index (χ2v) is 9.54. The highest BCUT2D eigenvalue weighted by molar-refractivity contribution is 7.92. The predicted octanol–water partition coefficient (Wildman–Crippen LogP) is 4.07. The molecule has 0 fully saturated rings. The number of anilines is 1. The number of aryl methyl sites for hydroxylation is 2. The van der Waals surface area contributed by atoms with E-state index in [1.165, 1.54) is 4.31 Å². The lowest BCUT2D eigenvalue weighted by Crippen LogP contribution is -2.41. The Morgan fingerprint density at radius 1 is 1.04 bits per heavy atom. The summed E-state index contributed by atoms with van der Waals surface area (Å²) in [7, 11) is -3.61. The van der Waals surface area contributed by atoms with Crippen molar-refractivity contribution in [2.75, 3.05) is 17.1 Å². The molecular weight excluding hydrogens is 372 g/mol. The Kier molecular flexibility index (Phi) is 6.88. The van der Waals surface area contributed by atoms with Gasteiger partial charge >= 0.3 is 0 Å². The summed E-state index contributed by atoms with van der Waals surface area (Å²) in [6, 6.07) is 13.2. The lowest BCUT2D eigenvalue weighted by Gasteiger charge is -2.26. The average molecular weight is 403 g/mol. The van der Waals surface area contributed by atoms with E-state index in [0.717, 1.165) is 28.5 Å². The van der Waals surface area contributed by atoms with Gasteiger partial charge in [-0.1, -0.05) is 55.8 Å². The Morgan fingerprint density at radius 3 is 2.29 bits per heavy atom. The molecule has 1 N–H and O–H groups in total. The Labute approximate surface area is 168 Å². The Balaban J connectivity index is 2.27. The maximum atomic E-state index is 12.7. The first-order valence-corrected chi connectivity index (χ1v) is 11.3. The van der Waals surface area contributed by atoms with Crippen molar-refractivity contribution in [3.05, 3.63) is 64.7 Å². The molecule has 0 saturated carbocycles. The van der Waals surface area contributed by atoms with Gasteiger partial charge in [0.2, 0.25) is 15.9 Å². The maximum absolute atomic E-state index is 12.7. The summed E-state index contributed by atoms with van der Waals surface area (Å²) < 4.78 is 26.1. The molecule has 0 saturated heterocycles. The zero-order chi connectivity index (χ0) is 21.1. The normalized spacial score (nSPS) is 12.7. The molecular formula is C22H30N2O3S. The molecule has 1 unspecified atom stereocenters. The molecule has 2 aromatic rings. The number of carbonyl (C=O) groups is 1. The van der Waals surface area contributed by atoms with Crippen LogP contribution < -0.4 is 9.62 Å². The minimum atomic E-state index is -3.61. The number of hydrogen-bond acceptors (Lipinski definition) is 3. The van der Waals surface area contributed by atoms with Gasteiger partial charge in [-0.2, -0.15) is 0 Å². The molecule has 5 nitrogen and oxygen atoms in total. The van der Waals surface area contributed by atoms with Crippen LogP contribution in [0.1, 0.15) is 55.0 Å². The first-order chi connectivity index (χ1) is 13.0. The predicted molar refractivity (Wildman–Crippen MR) is 115 cm³/mol. The maximum Gasteiger partial charge on any atom is 0.241 e. The van der Waals surface area contributed by atoms with E-state index in [0.29, 0.717) is 5.69 Å². The van der Waals surface area contributed by atoms with Gasteiger partial charge in [-0.25, -0.2) is 8.42 Å². The molecule has 0 heterocycles. The highest BCUT2D eigenvalue weighted by atomic mass is 32.2. The van der Waals surface area contributed by atoms with E-state index in [9.17, 15) is 13.2 Å². The van der Waals surface area contributed by atoms with Gasteiger partial charge in [0.15, 0.2) is 0 Å². The lowest BCUT2D eigenvalue weighted by molar-refractivity contribution is -0.120. The van der Waals surface area contributed by atoms with Crippen LogP contribution in [0.15, 0.2) is 42.5 Å². The zero-order valence-corrected chi connectivity index (χ0v) is 18.3. The van der Waals surface area contributed by atoms with Gasteiger partial charge in [-0.3, -0.25) is 9.10 Å². The van der Waals surface area contributed by atoms with Gasteiger partial charge < -0.3 is 5.32 Å². The minimum Gasteiger partial charge on any atom is -0.348 e. The Bertz CT molecular complexity index is 952. The van der Waals surface area contributed by atoms with Crippen molar-refractivity contribution in [3.63, 3.8) is 0 Å². The molecule has 0 aliphatic rings. The molecule has 1 amide bonds. The van der Waals surface area contributed by atoms with Crippen molar-refractivity contribution in [1.82, 2.24) is 5.32 Å². The lowest BCUT2D eigenvalue weighted by atomic mass is 10.00. The fourth-order valence-electron chi connectivity index (χ4n) is 3.31. The van der Waals surface area contributed by atoms with E-state index in [1.807, 2.05) is 65.0 Å². The molecule has 0 bridgehead atoms. The van der Waals surface area contributed by atoms with Crippen LogP contribution in [0.25, 0.3) is 0 Å². The van der Waals surface area contributed by atoms with E-state index in [-0.39, 0.29) is 24.4 Å². The fraction of sp³-hybridized carbons (Fsp3) is 0.409. The highest BCUT2D eigenvalue weighted by Gasteiger charge is 2.24. The van der Waals surface area contributed by atoms with Gasteiger partial charge in [-0.15, -0.1) is 0 Å². The van der Waals surface area contributed by atoms with E-state index >= 15 is 0 Å². The van der Waals surface area contributed by atoms with Crippen LogP contribution in [0.3, 0.4) is 0 Å². The van der Waals surface area contributed by atoms with Crippen LogP contribution in [0.4, 0.5) is 5.69 Å². The van der Waals surface area contributed by atoms with E-state index < -0.39 is 10.0 Å². The van der Waals surface area contributed by atoms with Crippen molar-refractivity contribution < 1.29 is 13.2 Å². The van der Waals surface area contributed by atoms with Gasteiger partial charge in [0.05, 0.1) is 18.0 Å². The molecule has 28 heavy (non-hydrogen) atoms. The van der Waals surface area contributed by atoms with Gasteiger partial charge in [0.25, 0.3) is 0 Å². The van der Waals surface area contributed by atoms with Crippen LogP contribution in [0.5, 0.6) is 0 Å². The summed E-state index contributed by atoms with van der Waals surface area (Å²) in [5, 5.41) is 2.94. The van der Waals surface area contributed by atoms with Crippen LogP contribution in [-0.2, 0) is 14.8 Å². The van der Waals surface area contributed by atoms with Crippen molar-refractivity contribution in [3.8, 4) is 0 Å². The largest absolute Gasteiger partial charge is 0.348 e. The third kappa shape index (κ3) is 5.35. The smallest absolute Gasteiger partial charge is 0.241 e. The zero-order valence-electron chi connectivity index (χ0n) is 17.5. The molecule has 6 heteroatoms. The highest BCUT2D eigenvalue weighted by Crippen LogP contribution is 2.29. The van der Waals surface area contributed by atoms with Gasteiger partial charge in [0, 0.05) is 0 Å². The molecule has 0 aliphatic carbocycles. The SMILES string of the molecule is Cc1ccc(C)c(C(C)NC(=O)CN(c2ccccc2C(C)C)S(C)(=O)=O)c1. The van der Waals surface area contributed by atoms with Crippen LogP contribution in [0.2, 0.25) is 0 Å². The van der Waals surface area contributed by atoms with Crippen LogP contribution >= 0.6 is 0 Å². The monoisotopic (exact) mass is 402 g/mol. The summed E-state index contributed by atoms with van der Waals surface area (Å²) in [5.74, 6) is -0.199. The number of nitrogens with one attached hydrogen (secondary N) is 1. The Morgan fingerprint density at radius 2 is 1.68 bits per heavy atom. The number of para-hydroxylation sites is 1. The molecule has 0 aliphatic heterocycles. The average Bonchev–Trinajstić information content (AvgIpc) is 2.60. The molecule has 0 aromatic heterocycles.